The minimum Gasteiger partial charge on any atom is -0.336 e. The monoisotopic (exact) mass is 513 g/mol. The third-order valence-corrected chi connectivity index (χ3v) is 6.15. The molecule has 0 aliphatic heterocycles. The number of anilines is 1. The fraction of sp³-hybridized carbons (Fsp3) is 0.238. The Bertz CT molecular complexity index is 1610. The Kier molecular flexibility index (Phi) is 5.87. The summed E-state index contributed by atoms with van der Waals surface area (Å²) in [5, 5.41) is 3.81. The summed E-state index contributed by atoms with van der Waals surface area (Å²) in [5.41, 5.74) is -3.26. The van der Waals surface area contributed by atoms with E-state index in [1.54, 1.807) is 7.05 Å². The molecule has 0 aliphatic rings. The van der Waals surface area contributed by atoms with Gasteiger partial charge in [0.2, 0.25) is 5.91 Å². The number of rotatable bonds is 4. The maximum Gasteiger partial charge on any atom is 0.422 e. The van der Waals surface area contributed by atoms with E-state index in [1.165, 1.54) is 34.8 Å². The van der Waals surface area contributed by atoms with E-state index in [9.17, 15) is 36.3 Å². The van der Waals surface area contributed by atoms with E-state index in [1.807, 2.05) is 0 Å². The summed E-state index contributed by atoms with van der Waals surface area (Å²) in [5.74, 6) is -4.16. The Morgan fingerprint density at radius 3 is 2.46 bits per heavy atom. The summed E-state index contributed by atoms with van der Waals surface area (Å²) in [6, 6.07) is 1.32. The van der Waals surface area contributed by atoms with Crippen LogP contribution in [0.25, 0.3) is 22.3 Å². The molecule has 35 heavy (non-hydrogen) atoms. The molecule has 14 heteroatoms. The molecular formula is C21H16F5N5O3S. The first-order chi connectivity index (χ1) is 16.3. The highest BCUT2D eigenvalue weighted by Gasteiger charge is 2.39. The van der Waals surface area contributed by atoms with Gasteiger partial charge >= 0.3 is 11.9 Å². The zero-order chi connectivity index (χ0) is 25.8. The lowest BCUT2D eigenvalue weighted by molar-refractivity contribution is -0.142. The molecule has 0 spiro atoms. The minimum atomic E-state index is -5.24. The van der Waals surface area contributed by atoms with Crippen LogP contribution in [0.2, 0.25) is 0 Å². The largest absolute Gasteiger partial charge is 0.422 e. The number of amides is 1. The van der Waals surface area contributed by atoms with Crippen LogP contribution >= 0.6 is 11.3 Å². The molecule has 3 heterocycles. The van der Waals surface area contributed by atoms with Crippen LogP contribution in [0.15, 0.2) is 33.3 Å². The van der Waals surface area contributed by atoms with Gasteiger partial charge in [0.15, 0.2) is 5.13 Å². The summed E-state index contributed by atoms with van der Waals surface area (Å²) >= 11 is 0.827. The van der Waals surface area contributed by atoms with E-state index in [-0.39, 0.29) is 22.6 Å². The van der Waals surface area contributed by atoms with E-state index in [4.69, 9.17) is 0 Å². The van der Waals surface area contributed by atoms with Crippen LogP contribution in [-0.4, -0.2) is 24.6 Å². The van der Waals surface area contributed by atoms with E-state index in [2.05, 4.69) is 10.3 Å². The maximum absolute atomic E-state index is 14.4. The van der Waals surface area contributed by atoms with Crippen molar-refractivity contribution in [1.29, 1.82) is 0 Å². The van der Waals surface area contributed by atoms with Crippen molar-refractivity contribution in [3.8, 4) is 11.3 Å². The van der Waals surface area contributed by atoms with Crippen LogP contribution in [0, 0.1) is 11.6 Å². The summed E-state index contributed by atoms with van der Waals surface area (Å²) in [6.45, 7) is 0. The Morgan fingerprint density at radius 1 is 1.11 bits per heavy atom. The van der Waals surface area contributed by atoms with Crippen molar-refractivity contribution in [1.82, 2.24) is 18.7 Å². The highest BCUT2D eigenvalue weighted by molar-refractivity contribution is 7.14. The number of thiazole rings is 1. The first-order valence-corrected chi connectivity index (χ1v) is 10.7. The van der Waals surface area contributed by atoms with Gasteiger partial charge in [-0.3, -0.25) is 18.7 Å². The molecular weight excluding hydrogens is 497 g/mol. The van der Waals surface area contributed by atoms with Gasteiger partial charge in [-0.2, -0.15) is 13.2 Å². The van der Waals surface area contributed by atoms with Gasteiger partial charge in [-0.25, -0.2) is 18.6 Å². The van der Waals surface area contributed by atoms with E-state index < -0.39 is 46.1 Å². The third-order valence-electron chi connectivity index (χ3n) is 5.39. The number of benzene rings is 1. The van der Waals surface area contributed by atoms with Crippen LogP contribution < -0.4 is 16.6 Å². The Hall–Kier alpha value is -3.81. The number of halogens is 5. The van der Waals surface area contributed by atoms with Crippen LogP contribution in [0.3, 0.4) is 0 Å². The fourth-order valence-electron chi connectivity index (χ4n) is 3.82. The highest BCUT2D eigenvalue weighted by atomic mass is 32.1. The van der Waals surface area contributed by atoms with Crippen LogP contribution in [0.4, 0.5) is 27.1 Å². The molecule has 0 atom stereocenters. The van der Waals surface area contributed by atoms with Crippen molar-refractivity contribution >= 4 is 33.4 Å². The Morgan fingerprint density at radius 2 is 1.80 bits per heavy atom. The van der Waals surface area contributed by atoms with Crippen molar-refractivity contribution in [2.75, 3.05) is 5.32 Å². The molecule has 4 rings (SSSR count). The van der Waals surface area contributed by atoms with Gasteiger partial charge in [0.1, 0.15) is 22.8 Å². The van der Waals surface area contributed by atoms with Crippen molar-refractivity contribution in [2.24, 2.45) is 21.1 Å². The van der Waals surface area contributed by atoms with Crippen molar-refractivity contribution in [2.45, 2.75) is 12.6 Å². The van der Waals surface area contributed by atoms with Crippen LogP contribution in [0.1, 0.15) is 11.1 Å². The number of carbonyl (C=O) groups is 1. The van der Waals surface area contributed by atoms with Crippen molar-refractivity contribution in [3.63, 3.8) is 0 Å². The van der Waals surface area contributed by atoms with Gasteiger partial charge in [0.25, 0.3) is 5.56 Å². The van der Waals surface area contributed by atoms with Crippen LogP contribution in [0.5, 0.6) is 0 Å². The molecule has 1 N–H and O–H groups in total. The number of nitrogens with zero attached hydrogens (tertiary/aromatic N) is 4. The second-order valence-corrected chi connectivity index (χ2v) is 8.57. The molecule has 0 radical (unpaired) electrons. The average molecular weight is 513 g/mol. The number of hydrogen-bond donors (Lipinski definition) is 1. The summed E-state index contributed by atoms with van der Waals surface area (Å²) in [7, 11) is 4.42. The molecule has 8 nitrogen and oxygen atoms in total. The number of hydrogen-bond acceptors (Lipinski definition) is 5. The summed E-state index contributed by atoms with van der Waals surface area (Å²) in [4.78, 5) is 41.4. The molecule has 1 amide bonds. The number of nitrogens with one attached hydrogen (secondary N) is 1. The SMILES string of the molecule is Cn1c(=O)c2c(CC(=O)Nc3nc(-c4ccc(F)c(C(F)(F)F)c4F)cs3)cn(C)c2n(C)c1=O. The number of carbonyl (C=O) groups excluding carboxylic acids is 1. The quantitative estimate of drug-likeness (QED) is 0.425. The number of alkyl halides is 3. The Labute approximate surface area is 196 Å². The first-order valence-electron chi connectivity index (χ1n) is 9.86. The molecule has 0 fully saturated rings. The summed E-state index contributed by atoms with van der Waals surface area (Å²) < 4.78 is 70.7. The summed E-state index contributed by atoms with van der Waals surface area (Å²) in [6.07, 6.45) is -3.98. The van der Waals surface area contributed by atoms with Gasteiger partial charge in [-0.1, -0.05) is 0 Å². The van der Waals surface area contributed by atoms with E-state index in [0.29, 0.717) is 17.3 Å². The fourth-order valence-corrected chi connectivity index (χ4v) is 4.55. The zero-order valence-corrected chi connectivity index (χ0v) is 19.1. The maximum atomic E-state index is 14.4. The van der Waals surface area contributed by atoms with Gasteiger partial charge in [-0.05, 0) is 17.7 Å². The highest BCUT2D eigenvalue weighted by Crippen LogP contribution is 2.38. The number of aromatic nitrogens is 4. The predicted octanol–water partition coefficient (Wildman–Crippen LogP) is 3.18. The molecule has 0 bridgehead atoms. The standard InChI is InChI=1S/C21H16F5N5O3S/c1-29-7-9(14-17(29)30(2)20(34)31(3)18(14)33)6-13(32)28-19-27-12(8-35-19)10-4-5-11(22)15(16(10)23)21(24,25)26/h4-5,7-8H,6H2,1-3H3,(H,27,28,32). The molecule has 1 aromatic carbocycles. The van der Waals surface area contributed by atoms with E-state index >= 15 is 0 Å². The lowest BCUT2D eigenvalue weighted by Crippen LogP contribution is -2.37. The van der Waals surface area contributed by atoms with Crippen LogP contribution in [-0.2, 0) is 38.5 Å². The topological polar surface area (TPSA) is 90.9 Å². The molecule has 0 unspecified atom stereocenters. The second kappa shape index (κ2) is 8.45. The molecule has 0 aliphatic carbocycles. The molecule has 4 aromatic rings. The van der Waals surface area contributed by atoms with Gasteiger partial charge in [0, 0.05) is 38.3 Å². The molecule has 3 aromatic heterocycles. The van der Waals surface area contributed by atoms with Gasteiger partial charge in [0.05, 0.1) is 17.5 Å². The second-order valence-electron chi connectivity index (χ2n) is 7.71. The molecule has 184 valence electrons. The average Bonchev–Trinajstić information content (AvgIpc) is 3.33. The lowest BCUT2D eigenvalue weighted by Gasteiger charge is -2.11. The minimum absolute atomic E-state index is 0.0391. The smallest absolute Gasteiger partial charge is 0.336 e. The Balaban J connectivity index is 1.62. The van der Waals surface area contributed by atoms with Crippen molar-refractivity contribution in [3.05, 3.63) is 67.3 Å². The van der Waals surface area contributed by atoms with Crippen molar-refractivity contribution < 1.29 is 26.7 Å². The van der Waals surface area contributed by atoms with E-state index in [0.717, 1.165) is 22.0 Å². The lowest BCUT2D eigenvalue weighted by atomic mass is 10.1. The third kappa shape index (κ3) is 4.13. The van der Waals surface area contributed by atoms with Gasteiger partial charge < -0.3 is 9.88 Å². The first kappa shape index (κ1) is 24.3. The number of aryl methyl sites for hydroxylation is 2. The molecule has 0 saturated heterocycles. The normalized spacial score (nSPS) is 11.9. The molecule has 0 saturated carbocycles. The van der Waals surface area contributed by atoms with Gasteiger partial charge in [-0.15, -0.1) is 11.3 Å². The number of fused-ring (bicyclic) bond motifs is 1. The zero-order valence-electron chi connectivity index (χ0n) is 18.3. The predicted molar refractivity (Wildman–Crippen MR) is 118 cm³/mol.